The van der Waals surface area contributed by atoms with E-state index in [1.165, 1.54) is 0 Å². The summed E-state index contributed by atoms with van der Waals surface area (Å²) in [5, 5.41) is 4.29. The molecule has 3 aromatic carbocycles. The molecule has 0 aliphatic rings. The van der Waals surface area contributed by atoms with Crippen molar-refractivity contribution in [1.82, 2.24) is 9.97 Å². The van der Waals surface area contributed by atoms with Crippen LogP contribution in [0.4, 0.5) is 5.69 Å². The number of fused-ring (bicyclic) bond motifs is 2. The van der Waals surface area contributed by atoms with Gasteiger partial charge in [-0.3, -0.25) is 4.79 Å². The minimum atomic E-state index is -0.337. The van der Waals surface area contributed by atoms with Crippen molar-refractivity contribution in [1.29, 1.82) is 0 Å². The van der Waals surface area contributed by atoms with Crippen LogP contribution in [-0.4, -0.2) is 15.9 Å². The molecular formula is C22H14ClN3O2. The van der Waals surface area contributed by atoms with Crippen LogP contribution in [0.1, 0.15) is 10.6 Å². The number of aromatic nitrogens is 2. The van der Waals surface area contributed by atoms with Gasteiger partial charge < -0.3 is 14.7 Å². The fraction of sp³-hybridized carbons (Fsp3) is 0. The van der Waals surface area contributed by atoms with Crippen LogP contribution >= 0.6 is 11.6 Å². The Balaban J connectivity index is 1.50. The second-order valence-electron chi connectivity index (χ2n) is 6.40. The predicted octanol–water partition coefficient (Wildman–Crippen LogP) is 5.88. The maximum atomic E-state index is 12.8. The molecule has 0 spiro atoms. The van der Waals surface area contributed by atoms with E-state index in [1.807, 2.05) is 48.5 Å². The molecule has 5 aromatic rings. The van der Waals surface area contributed by atoms with Gasteiger partial charge in [0.15, 0.2) is 5.76 Å². The summed E-state index contributed by atoms with van der Waals surface area (Å²) in [6, 6.07) is 22.2. The molecule has 6 heteroatoms. The number of imidazole rings is 1. The number of benzene rings is 3. The number of rotatable bonds is 3. The first kappa shape index (κ1) is 16.6. The molecule has 2 aromatic heterocycles. The third-order valence-electron chi connectivity index (χ3n) is 4.52. The molecule has 5 rings (SSSR count). The molecule has 0 atom stereocenters. The number of aromatic amines is 1. The zero-order valence-corrected chi connectivity index (χ0v) is 15.3. The van der Waals surface area contributed by atoms with Crippen molar-refractivity contribution >= 4 is 45.2 Å². The van der Waals surface area contributed by atoms with Gasteiger partial charge in [0.25, 0.3) is 5.91 Å². The number of nitrogens with zero attached hydrogens (tertiary/aromatic N) is 1. The predicted molar refractivity (Wildman–Crippen MR) is 111 cm³/mol. The molecule has 1 amide bonds. The lowest BCUT2D eigenvalue weighted by atomic mass is 10.1. The molecule has 28 heavy (non-hydrogen) atoms. The van der Waals surface area contributed by atoms with Crippen LogP contribution in [0.2, 0.25) is 5.02 Å². The Morgan fingerprint density at radius 3 is 2.71 bits per heavy atom. The van der Waals surface area contributed by atoms with Crippen molar-refractivity contribution in [3.8, 4) is 11.4 Å². The van der Waals surface area contributed by atoms with Crippen LogP contribution in [-0.2, 0) is 0 Å². The largest absolute Gasteiger partial charge is 0.451 e. The van der Waals surface area contributed by atoms with E-state index in [0.717, 1.165) is 22.0 Å². The molecule has 2 heterocycles. The van der Waals surface area contributed by atoms with Crippen molar-refractivity contribution in [3.05, 3.63) is 83.6 Å². The second-order valence-corrected chi connectivity index (χ2v) is 6.83. The van der Waals surface area contributed by atoms with E-state index in [-0.39, 0.29) is 11.7 Å². The molecule has 5 nitrogen and oxygen atoms in total. The monoisotopic (exact) mass is 387 g/mol. The summed E-state index contributed by atoms with van der Waals surface area (Å²) >= 11 is 6.01. The van der Waals surface area contributed by atoms with E-state index in [2.05, 4.69) is 15.3 Å². The van der Waals surface area contributed by atoms with Crippen molar-refractivity contribution in [3.63, 3.8) is 0 Å². The summed E-state index contributed by atoms with van der Waals surface area (Å²) in [5.41, 5.74) is 3.86. The Hall–Kier alpha value is -3.57. The van der Waals surface area contributed by atoms with Crippen molar-refractivity contribution in [2.24, 2.45) is 0 Å². The van der Waals surface area contributed by atoms with Gasteiger partial charge in [0.1, 0.15) is 11.4 Å². The average molecular weight is 388 g/mol. The summed E-state index contributed by atoms with van der Waals surface area (Å²) in [4.78, 5) is 20.7. The van der Waals surface area contributed by atoms with Gasteiger partial charge >= 0.3 is 0 Å². The summed E-state index contributed by atoms with van der Waals surface area (Å²) in [7, 11) is 0. The van der Waals surface area contributed by atoms with Crippen LogP contribution in [0.3, 0.4) is 0 Å². The number of amides is 1. The quantitative estimate of drug-likeness (QED) is 0.406. The molecule has 0 unspecified atom stereocenters. The number of para-hydroxylation sites is 3. The standard InChI is InChI=1S/C22H14ClN3O2/c23-14-9-10-19-13(11-14)12-20(28-19)22(27)26-16-6-2-1-5-15(16)21-24-17-7-3-4-8-18(17)25-21/h1-12H,(H,24,25)(H,26,27). The number of nitrogens with one attached hydrogen (secondary N) is 2. The first-order chi connectivity index (χ1) is 13.7. The van der Waals surface area contributed by atoms with Gasteiger partial charge in [-0.25, -0.2) is 4.98 Å². The van der Waals surface area contributed by atoms with Crippen molar-refractivity contribution in [2.45, 2.75) is 0 Å². The lowest BCUT2D eigenvalue weighted by molar-refractivity contribution is 0.0999. The Morgan fingerprint density at radius 2 is 1.82 bits per heavy atom. The molecule has 0 aliphatic carbocycles. The number of furan rings is 1. The van der Waals surface area contributed by atoms with Crippen molar-refractivity contribution < 1.29 is 9.21 Å². The van der Waals surface area contributed by atoms with Gasteiger partial charge in [-0.05, 0) is 48.5 Å². The highest BCUT2D eigenvalue weighted by atomic mass is 35.5. The SMILES string of the molecule is O=C(Nc1ccccc1-c1nc2ccccc2[nH]1)c1cc2cc(Cl)ccc2o1. The van der Waals surface area contributed by atoms with Crippen LogP contribution < -0.4 is 5.32 Å². The van der Waals surface area contributed by atoms with Gasteiger partial charge in [-0.15, -0.1) is 0 Å². The summed E-state index contributed by atoms with van der Waals surface area (Å²) in [6.45, 7) is 0. The molecular weight excluding hydrogens is 374 g/mol. The van der Waals surface area contributed by atoms with Gasteiger partial charge in [-0.2, -0.15) is 0 Å². The molecule has 136 valence electrons. The van der Waals surface area contributed by atoms with E-state index in [9.17, 15) is 4.79 Å². The van der Waals surface area contributed by atoms with E-state index in [1.54, 1.807) is 24.3 Å². The zero-order valence-electron chi connectivity index (χ0n) is 14.6. The number of anilines is 1. The van der Waals surface area contributed by atoms with E-state index >= 15 is 0 Å². The third kappa shape index (κ3) is 2.92. The minimum Gasteiger partial charge on any atom is -0.451 e. The molecule has 0 saturated carbocycles. The zero-order chi connectivity index (χ0) is 19.1. The van der Waals surface area contributed by atoms with Gasteiger partial charge in [0.2, 0.25) is 0 Å². The van der Waals surface area contributed by atoms with E-state index in [0.29, 0.717) is 22.1 Å². The lowest BCUT2D eigenvalue weighted by Crippen LogP contribution is -2.11. The van der Waals surface area contributed by atoms with Gasteiger partial charge in [0, 0.05) is 16.0 Å². The summed E-state index contributed by atoms with van der Waals surface area (Å²) in [5.74, 6) is 0.570. The summed E-state index contributed by atoms with van der Waals surface area (Å²) in [6.07, 6.45) is 0. The number of carbonyl (C=O) groups excluding carboxylic acids is 1. The Labute approximate surface area is 165 Å². The molecule has 0 bridgehead atoms. The average Bonchev–Trinajstić information content (AvgIpc) is 3.32. The first-order valence-electron chi connectivity index (χ1n) is 8.72. The third-order valence-corrected chi connectivity index (χ3v) is 4.76. The fourth-order valence-electron chi connectivity index (χ4n) is 3.19. The van der Waals surface area contributed by atoms with Gasteiger partial charge in [0.05, 0.1) is 16.7 Å². The van der Waals surface area contributed by atoms with Gasteiger partial charge in [-0.1, -0.05) is 35.9 Å². The highest BCUT2D eigenvalue weighted by Gasteiger charge is 2.16. The van der Waals surface area contributed by atoms with Crippen LogP contribution in [0.25, 0.3) is 33.4 Å². The van der Waals surface area contributed by atoms with Crippen LogP contribution in [0, 0.1) is 0 Å². The van der Waals surface area contributed by atoms with Crippen molar-refractivity contribution in [2.75, 3.05) is 5.32 Å². The van der Waals surface area contributed by atoms with Crippen LogP contribution in [0.5, 0.6) is 0 Å². The topological polar surface area (TPSA) is 70.9 Å². The highest BCUT2D eigenvalue weighted by Crippen LogP contribution is 2.29. The van der Waals surface area contributed by atoms with E-state index < -0.39 is 0 Å². The number of hydrogen-bond donors (Lipinski definition) is 2. The smallest absolute Gasteiger partial charge is 0.291 e. The number of carbonyl (C=O) groups is 1. The maximum Gasteiger partial charge on any atom is 0.291 e. The Morgan fingerprint density at radius 1 is 1.00 bits per heavy atom. The number of hydrogen-bond acceptors (Lipinski definition) is 3. The molecule has 0 radical (unpaired) electrons. The first-order valence-corrected chi connectivity index (χ1v) is 9.10. The van der Waals surface area contributed by atoms with Crippen LogP contribution in [0.15, 0.2) is 77.2 Å². The summed E-state index contributed by atoms with van der Waals surface area (Å²) < 4.78 is 5.66. The number of H-pyrrole nitrogens is 1. The molecule has 2 N–H and O–H groups in total. The molecule has 0 aliphatic heterocycles. The Kier molecular flexibility index (Phi) is 3.88. The maximum absolute atomic E-state index is 12.8. The molecule has 0 fully saturated rings. The highest BCUT2D eigenvalue weighted by molar-refractivity contribution is 6.31. The second kappa shape index (κ2) is 6.55. The van der Waals surface area contributed by atoms with E-state index in [4.69, 9.17) is 16.0 Å². The minimum absolute atomic E-state index is 0.219. The number of halogens is 1. The molecule has 0 saturated heterocycles. The fourth-order valence-corrected chi connectivity index (χ4v) is 3.37. The lowest BCUT2D eigenvalue weighted by Gasteiger charge is -2.08. The normalized spacial score (nSPS) is 11.2. The Bertz CT molecular complexity index is 1300.